The zero-order valence-corrected chi connectivity index (χ0v) is 25.0. The highest BCUT2D eigenvalue weighted by atomic mass is 19.3. The van der Waals surface area contributed by atoms with Crippen LogP contribution in [-0.2, 0) is 17.9 Å². The number of alkyl halides is 2. The second-order valence-electron chi connectivity index (χ2n) is 11.4. The van der Waals surface area contributed by atoms with E-state index >= 15 is 0 Å². The number of likely N-dealkylation sites (tertiary alicyclic amines) is 1. The maximum absolute atomic E-state index is 12.9. The van der Waals surface area contributed by atoms with E-state index in [1.54, 1.807) is 18.2 Å². The molecule has 6 rings (SSSR count). The number of carbonyl (C=O) groups excluding carboxylic acids is 1. The van der Waals surface area contributed by atoms with Gasteiger partial charge in [-0.15, -0.1) is 0 Å². The molecule has 0 saturated carbocycles. The number of carbonyl (C=O) groups is 1. The minimum atomic E-state index is -2.83. The van der Waals surface area contributed by atoms with E-state index in [0.29, 0.717) is 19.1 Å². The molecule has 0 spiro atoms. The van der Waals surface area contributed by atoms with Gasteiger partial charge in [0.25, 0.3) is 0 Å². The molecule has 2 heterocycles. The number of hydrogen-bond donors (Lipinski definition) is 1. The Labute approximate surface area is 262 Å². The monoisotopic (exact) mass is 610 g/mol. The first kappa shape index (κ1) is 30.3. The maximum Gasteiger partial charge on any atom is 0.387 e. The lowest BCUT2D eigenvalue weighted by molar-refractivity contribution is -0.116. The van der Waals surface area contributed by atoms with Gasteiger partial charge in [-0.2, -0.15) is 8.78 Å². The molecule has 2 aliphatic rings. The average Bonchev–Trinajstić information content (AvgIpc) is 3.05. The molecule has 45 heavy (non-hydrogen) atoms. The van der Waals surface area contributed by atoms with Crippen molar-refractivity contribution in [3.63, 3.8) is 0 Å². The average molecular weight is 611 g/mol. The Morgan fingerprint density at radius 3 is 2.09 bits per heavy atom. The van der Waals surface area contributed by atoms with Crippen molar-refractivity contribution in [1.82, 2.24) is 10.2 Å². The van der Waals surface area contributed by atoms with Crippen molar-refractivity contribution in [2.75, 3.05) is 19.6 Å². The first-order chi connectivity index (χ1) is 22.0. The topological polar surface area (TPSA) is 60.0 Å². The SMILES string of the molecule is O=C(C=C1c2ccccc2Oc2ccccc21)NCCC1CCN(Cc2ccc(OCc3ccc(OC(F)F)cc3)cc2)CC1. The Hall–Kier alpha value is -4.69. The molecule has 0 bridgehead atoms. The normalized spacial score (nSPS) is 14.7. The lowest BCUT2D eigenvalue weighted by Crippen LogP contribution is -2.34. The van der Waals surface area contributed by atoms with Gasteiger partial charge in [0.15, 0.2) is 0 Å². The van der Waals surface area contributed by atoms with Crippen molar-refractivity contribution in [3.8, 4) is 23.0 Å². The molecule has 0 radical (unpaired) electrons. The molecule has 2 aliphatic heterocycles. The van der Waals surface area contributed by atoms with Crippen molar-refractivity contribution in [2.45, 2.75) is 39.0 Å². The van der Waals surface area contributed by atoms with E-state index in [1.165, 1.54) is 17.7 Å². The molecule has 232 valence electrons. The lowest BCUT2D eigenvalue weighted by Gasteiger charge is -2.32. The highest BCUT2D eigenvalue weighted by molar-refractivity contribution is 6.01. The number of fused-ring (bicyclic) bond motifs is 2. The Morgan fingerprint density at radius 2 is 1.44 bits per heavy atom. The largest absolute Gasteiger partial charge is 0.489 e. The first-order valence-corrected chi connectivity index (χ1v) is 15.3. The fourth-order valence-corrected chi connectivity index (χ4v) is 5.87. The summed E-state index contributed by atoms with van der Waals surface area (Å²) in [6.07, 6.45) is 4.88. The standard InChI is InChI=1S/C37H36F2N2O4/c38-37(39)44-30-15-11-28(12-16-30)25-43-29-13-9-27(10-14-29)24-41-21-18-26(19-22-41)17-20-40-36(42)23-33-31-5-1-3-7-34(31)45-35-8-4-2-6-32(33)35/h1-16,23,26,37H,17-22,24-25H2,(H,40,42). The highest BCUT2D eigenvalue weighted by Crippen LogP contribution is 2.43. The number of benzene rings is 4. The van der Waals surface area contributed by atoms with Gasteiger partial charge in [-0.25, -0.2) is 0 Å². The van der Waals surface area contributed by atoms with E-state index in [9.17, 15) is 13.6 Å². The summed E-state index contributed by atoms with van der Waals surface area (Å²) in [4.78, 5) is 15.4. The predicted octanol–water partition coefficient (Wildman–Crippen LogP) is 7.82. The fourth-order valence-electron chi connectivity index (χ4n) is 5.87. The van der Waals surface area contributed by atoms with Crippen molar-refractivity contribution in [2.24, 2.45) is 5.92 Å². The minimum absolute atomic E-state index is 0.0845. The number of para-hydroxylation sites is 2. The van der Waals surface area contributed by atoms with Gasteiger partial charge in [0, 0.05) is 35.9 Å². The summed E-state index contributed by atoms with van der Waals surface area (Å²) in [6.45, 7) is 1.11. The summed E-state index contributed by atoms with van der Waals surface area (Å²) < 4.78 is 40.9. The lowest BCUT2D eigenvalue weighted by atomic mass is 9.93. The van der Waals surface area contributed by atoms with Crippen LogP contribution in [0.1, 0.15) is 41.5 Å². The van der Waals surface area contributed by atoms with Gasteiger partial charge in [0.05, 0.1) is 0 Å². The van der Waals surface area contributed by atoms with Gasteiger partial charge in [-0.05, 0) is 85.8 Å². The molecular formula is C37H36F2N2O4. The van der Waals surface area contributed by atoms with E-state index in [2.05, 4.69) is 27.1 Å². The summed E-state index contributed by atoms with van der Waals surface area (Å²) >= 11 is 0. The van der Waals surface area contributed by atoms with Crippen LogP contribution in [0.2, 0.25) is 0 Å². The number of nitrogens with one attached hydrogen (secondary N) is 1. The van der Waals surface area contributed by atoms with Gasteiger partial charge >= 0.3 is 6.61 Å². The van der Waals surface area contributed by atoms with Gasteiger partial charge in [0.1, 0.15) is 29.6 Å². The summed E-state index contributed by atoms with van der Waals surface area (Å²) in [7, 11) is 0. The zero-order chi connectivity index (χ0) is 31.0. The van der Waals surface area contributed by atoms with E-state index in [-0.39, 0.29) is 11.7 Å². The van der Waals surface area contributed by atoms with Crippen LogP contribution < -0.4 is 19.5 Å². The number of rotatable bonds is 11. The van der Waals surface area contributed by atoms with Crippen molar-refractivity contribution in [3.05, 3.63) is 125 Å². The smallest absolute Gasteiger partial charge is 0.387 e. The second-order valence-corrected chi connectivity index (χ2v) is 11.4. The van der Waals surface area contributed by atoms with Crippen LogP contribution in [0.4, 0.5) is 8.78 Å². The molecule has 8 heteroatoms. The molecule has 1 N–H and O–H groups in total. The van der Waals surface area contributed by atoms with Crippen LogP contribution in [0.25, 0.3) is 5.57 Å². The number of ether oxygens (including phenoxy) is 3. The molecule has 0 aliphatic carbocycles. The molecule has 1 amide bonds. The molecule has 4 aromatic rings. The number of nitrogens with zero attached hydrogens (tertiary/aromatic N) is 1. The molecule has 0 unspecified atom stereocenters. The number of amides is 1. The van der Waals surface area contributed by atoms with Crippen LogP contribution >= 0.6 is 0 Å². The van der Waals surface area contributed by atoms with Crippen molar-refractivity contribution < 1.29 is 27.8 Å². The Kier molecular flexibility index (Phi) is 9.71. The zero-order valence-electron chi connectivity index (χ0n) is 25.0. The quantitative estimate of drug-likeness (QED) is 0.155. The Bertz CT molecular complexity index is 1570. The molecule has 1 saturated heterocycles. The minimum Gasteiger partial charge on any atom is -0.489 e. The second kappa shape index (κ2) is 14.4. The van der Waals surface area contributed by atoms with Crippen LogP contribution in [0.15, 0.2) is 103 Å². The third kappa shape index (κ3) is 8.08. The van der Waals surface area contributed by atoms with Gasteiger partial charge in [0.2, 0.25) is 5.91 Å². The van der Waals surface area contributed by atoms with Gasteiger partial charge in [-0.3, -0.25) is 9.69 Å². The molecule has 0 aromatic heterocycles. The third-order valence-corrected chi connectivity index (χ3v) is 8.29. The highest BCUT2D eigenvalue weighted by Gasteiger charge is 2.23. The molecule has 6 nitrogen and oxygen atoms in total. The van der Waals surface area contributed by atoms with E-state index in [1.807, 2.05) is 60.7 Å². The van der Waals surface area contributed by atoms with E-state index < -0.39 is 6.61 Å². The van der Waals surface area contributed by atoms with Crippen LogP contribution in [0, 0.1) is 5.92 Å². The summed E-state index contributed by atoms with van der Waals surface area (Å²) in [6, 6.07) is 30.2. The molecule has 1 fully saturated rings. The summed E-state index contributed by atoms with van der Waals surface area (Å²) in [5, 5.41) is 3.11. The number of piperidine rings is 1. The van der Waals surface area contributed by atoms with Crippen molar-refractivity contribution >= 4 is 11.5 Å². The first-order valence-electron chi connectivity index (χ1n) is 15.3. The number of hydrogen-bond acceptors (Lipinski definition) is 5. The van der Waals surface area contributed by atoms with Gasteiger partial charge in [-0.1, -0.05) is 60.7 Å². The molecule has 4 aromatic carbocycles. The van der Waals surface area contributed by atoms with E-state index in [4.69, 9.17) is 9.47 Å². The van der Waals surface area contributed by atoms with Crippen LogP contribution in [0.5, 0.6) is 23.0 Å². The Morgan fingerprint density at radius 1 is 0.844 bits per heavy atom. The predicted molar refractivity (Wildman–Crippen MR) is 170 cm³/mol. The summed E-state index contributed by atoms with van der Waals surface area (Å²) in [5.74, 6) is 2.91. The van der Waals surface area contributed by atoms with E-state index in [0.717, 1.165) is 78.4 Å². The maximum atomic E-state index is 12.9. The molecular weight excluding hydrogens is 574 g/mol. The molecule has 0 atom stereocenters. The van der Waals surface area contributed by atoms with Crippen LogP contribution in [-0.4, -0.2) is 37.1 Å². The third-order valence-electron chi connectivity index (χ3n) is 8.29. The van der Waals surface area contributed by atoms with Crippen LogP contribution in [0.3, 0.4) is 0 Å². The van der Waals surface area contributed by atoms with Crippen molar-refractivity contribution in [1.29, 1.82) is 0 Å². The summed E-state index contributed by atoms with van der Waals surface area (Å²) in [5.41, 5.74) is 4.83. The van der Waals surface area contributed by atoms with Gasteiger partial charge < -0.3 is 19.5 Å². The fraction of sp³-hybridized carbons (Fsp3) is 0.270. The number of halogens is 2. The Balaban J connectivity index is 0.919.